The van der Waals surface area contributed by atoms with Gasteiger partial charge in [0.1, 0.15) is 0 Å². The summed E-state index contributed by atoms with van der Waals surface area (Å²) >= 11 is 0. The fraction of sp³-hybridized carbons (Fsp3) is 0.611. The Morgan fingerprint density at radius 3 is 2.60 bits per heavy atom. The van der Waals surface area contributed by atoms with E-state index in [2.05, 4.69) is 39.9 Å². The van der Waals surface area contributed by atoms with Crippen LogP contribution in [0.5, 0.6) is 0 Å². The van der Waals surface area contributed by atoms with E-state index in [1.807, 2.05) is 6.07 Å². The first-order valence-corrected chi connectivity index (χ1v) is 8.72. The fourth-order valence-corrected chi connectivity index (χ4v) is 3.50. The second-order valence-corrected chi connectivity index (χ2v) is 7.05. The third kappa shape index (κ3) is 4.87. The van der Waals surface area contributed by atoms with Crippen molar-refractivity contribution in [2.75, 3.05) is 33.2 Å². The van der Waals surface area contributed by atoms with Crippen LogP contribution in [0.1, 0.15) is 24.8 Å². The highest BCUT2D eigenvalue weighted by Gasteiger charge is 2.44. The molecule has 4 nitrogen and oxygen atoms in total. The van der Waals surface area contributed by atoms with Crippen molar-refractivity contribution in [1.82, 2.24) is 15.5 Å². The van der Waals surface area contributed by atoms with Crippen LogP contribution in [0.2, 0.25) is 0 Å². The van der Waals surface area contributed by atoms with Gasteiger partial charge in [0.15, 0.2) is 5.96 Å². The molecule has 1 unspecified atom stereocenters. The number of nitrogens with zero attached hydrogens (tertiary/aromatic N) is 2. The monoisotopic (exact) mass is 354 g/mol. The molecule has 1 saturated carbocycles. The van der Waals surface area contributed by atoms with Crippen molar-refractivity contribution in [1.29, 1.82) is 0 Å². The van der Waals surface area contributed by atoms with E-state index in [1.54, 1.807) is 7.05 Å². The van der Waals surface area contributed by atoms with Crippen LogP contribution in [0, 0.1) is 0 Å². The van der Waals surface area contributed by atoms with Gasteiger partial charge in [0.25, 0.3) is 0 Å². The van der Waals surface area contributed by atoms with E-state index in [0.29, 0.717) is 25.5 Å². The Morgan fingerprint density at radius 2 is 2.00 bits per heavy atom. The van der Waals surface area contributed by atoms with E-state index < -0.39 is 12.7 Å². The molecule has 2 aliphatic rings. The summed E-state index contributed by atoms with van der Waals surface area (Å²) in [5.74, 6) is 0.668. The topological polar surface area (TPSA) is 39.7 Å². The normalized spacial score (nSPS) is 23.5. The van der Waals surface area contributed by atoms with Crippen LogP contribution in [-0.2, 0) is 5.41 Å². The van der Waals surface area contributed by atoms with E-state index in [9.17, 15) is 13.2 Å². The molecule has 1 aliphatic carbocycles. The van der Waals surface area contributed by atoms with E-state index in [0.717, 1.165) is 19.4 Å². The van der Waals surface area contributed by atoms with Crippen molar-refractivity contribution in [3.8, 4) is 0 Å². The van der Waals surface area contributed by atoms with Gasteiger partial charge in [-0.3, -0.25) is 9.89 Å². The quantitative estimate of drug-likeness (QED) is 0.631. The highest BCUT2D eigenvalue weighted by Crippen LogP contribution is 2.47. The zero-order valence-corrected chi connectivity index (χ0v) is 14.4. The molecule has 1 heterocycles. The molecule has 1 aliphatic heterocycles. The Balaban J connectivity index is 1.48. The molecular formula is C18H25F3N4. The van der Waals surface area contributed by atoms with Gasteiger partial charge < -0.3 is 10.6 Å². The molecule has 1 aromatic carbocycles. The Bertz CT molecular complexity index is 596. The lowest BCUT2D eigenvalue weighted by Gasteiger charge is -2.22. The van der Waals surface area contributed by atoms with Crippen LogP contribution in [0.4, 0.5) is 13.2 Å². The van der Waals surface area contributed by atoms with Gasteiger partial charge in [-0.25, -0.2) is 0 Å². The largest absolute Gasteiger partial charge is 0.401 e. The number of nitrogens with one attached hydrogen (secondary N) is 2. The molecule has 0 aromatic heterocycles. The number of likely N-dealkylation sites (tertiary alicyclic amines) is 1. The molecule has 3 rings (SSSR count). The summed E-state index contributed by atoms with van der Waals surface area (Å²) in [7, 11) is 1.69. The fourth-order valence-electron chi connectivity index (χ4n) is 3.50. The molecule has 7 heteroatoms. The number of halogens is 3. The second kappa shape index (κ2) is 7.23. The van der Waals surface area contributed by atoms with E-state index in [1.165, 1.54) is 10.5 Å². The third-order valence-electron chi connectivity index (χ3n) is 5.07. The van der Waals surface area contributed by atoms with Crippen LogP contribution in [0.25, 0.3) is 0 Å². The minimum absolute atomic E-state index is 0.000397. The number of rotatable bonds is 5. The van der Waals surface area contributed by atoms with Crippen molar-refractivity contribution < 1.29 is 13.2 Å². The molecule has 1 atom stereocenters. The van der Waals surface area contributed by atoms with Crippen LogP contribution >= 0.6 is 0 Å². The molecule has 0 amide bonds. The zero-order valence-electron chi connectivity index (χ0n) is 14.4. The number of hydrogen-bond donors (Lipinski definition) is 2. The average Bonchev–Trinajstić information content (AvgIpc) is 3.25. The molecule has 0 radical (unpaired) electrons. The summed E-state index contributed by atoms with van der Waals surface area (Å²) in [5, 5.41) is 6.62. The van der Waals surface area contributed by atoms with Crippen molar-refractivity contribution in [2.24, 2.45) is 4.99 Å². The van der Waals surface area contributed by atoms with Gasteiger partial charge in [-0.2, -0.15) is 13.2 Å². The standard InChI is InChI=1S/C18H25F3N4/c1-22-16(24-15-7-10-25(11-15)13-18(19,20)21)23-12-17(8-9-17)14-5-3-2-4-6-14/h2-6,15H,7-13H2,1H3,(H2,22,23,24). The first-order valence-electron chi connectivity index (χ1n) is 8.72. The van der Waals surface area contributed by atoms with Gasteiger partial charge in [-0.05, 0) is 24.8 Å². The minimum Gasteiger partial charge on any atom is -0.356 e. The molecule has 0 bridgehead atoms. The highest BCUT2D eigenvalue weighted by molar-refractivity contribution is 5.80. The summed E-state index contributed by atoms with van der Waals surface area (Å²) in [6.45, 7) is 0.802. The molecule has 1 saturated heterocycles. The number of guanidine groups is 1. The van der Waals surface area contributed by atoms with E-state index in [4.69, 9.17) is 0 Å². The Kier molecular flexibility index (Phi) is 5.22. The van der Waals surface area contributed by atoms with Gasteiger partial charge in [-0.1, -0.05) is 30.3 Å². The molecule has 2 N–H and O–H groups in total. The van der Waals surface area contributed by atoms with Crippen LogP contribution < -0.4 is 10.6 Å². The summed E-state index contributed by atoms with van der Waals surface area (Å²) in [4.78, 5) is 5.67. The predicted octanol–water partition coefficient (Wildman–Crippen LogP) is 2.52. The maximum absolute atomic E-state index is 12.5. The van der Waals surface area contributed by atoms with Gasteiger partial charge in [0.2, 0.25) is 0 Å². The Labute approximate surface area is 146 Å². The van der Waals surface area contributed by atoms with Crippen LogP contribution in [0.15, 0.2) is 35.3 Å². The van der Waals surface area contributed by atoms with E-state index in [-0.39, 0.29) is 11.5 Å². The lowest BCUT2D eigenvalue weighted by molar-refractivity contribution is -0.143. The van der Waals surface area contributed by atoms with Crippen LogP contribution in [-0.4, -0.2) is 56.3 Å². The van der Waals surface area contributed by atoms with E-state index >= 15 is 0 Å². The first-order chi connectivity index (χ1) is 11.9. The Hall–Kier alpha value is -1.76. The Morgan fingerprint density at radius 1 is 1.28 bits per heavy atom. The lowest BCUT2D eigenvalue weighted by Crippen LogP contribution is -2.47. The molecule has 138 valence electrons. The van der Waals surface area contributed by atoms with Crippen molar-refractivity contribution >= 4 is 5.96 Å². The van der Waals surface area contributed by atoms with Crippen molar-refractivity contribution in [3.63, 3.8) is 0 Å². The zero-order chi connectivity index (χ0) is 17.9. The maximum Gasteiger partial charge on any atom is 0.401 e. The molecule has 25 heavy (non-hydrogen) atoms. The minimum atomic E-state index is -4.14. The number of hydrogen-bond acceptors (Lipinski definition) is 2. The maximum atomic E-state index is 12.5. The SMILES string of the molecule is CN=C(NCC1(c2ccccc2)CC1)NC1CCN(CC(F)(F)F)C1. The predicted molar refractivity (Wildman–Crippen MR) is 92.8 cm³/mol. The smallest absolute Gasteiger partial charge is 0.356 e. The second-order valence-electron chi connectivity index (χ2n) is 7.05. The molecule has 2 fully saturated rings. The van der Waals surface area contributed by atoms with Gasteiger partial charge >= 0.3 is 6.18 Å². The van der Waals surface area contributed by atoms with Gasteiger partial charge in [0.05, 0.1) is 6.54 Å². The van der Waals surface area contributed by atoms with Crippen molar-refractivity contribution in [2.45, 2.75) is 36.9 Å². The van der Waals surface area contributed by atoms with Gasteiger partial charge in [0, 0.05) is 38.1 Å². The summed E-state index contributed by atoms with van der Waals surface area (Å²) in [6, 6.07) is 10.4. The summed E-state index contributed by atoms with van der Waals surface area (Å²) < 4.78 is 37.5. The molecule has 0 spiro atoms. The number of alkyl halides is 3. The van der Waals surface area contributed by atoms with Crippen molar-refractivity contribution in [3.05, 3.63) is 35.9 Å². The third-order valence-corrected chi connectivity index (χ3v) is 5.07. The molecular weight excluding hydrogens is 329 g/mol. The summed E-state index contributed by atoms with van der Waals surface area (Å²) in [5.41, 5.74) is 1.49. The average molecular weight is 354 g/mol. The first kappa shape index (κ1) is 18.0. The highest BCUT2D eigenvalue weighted by atomic mass is 19.4. The van der Waals surface area contributed by atoms with Crippen LogP contribution in [0.3, 0.4) is 0 Å². The number of aliphatic imine (C=N–C) groups is 1. The summed E-state index contributed by atoms with van der Waals surface area (Å²) in [6.07, 6.45) is -1.16. The lowest BCUT2D eigenvalue weighted by atomic mass is 9.96. The molecule has 1 aromatic rings. The number of benzene rings is 1. The van der Waals surface area contributed by atoms with Gasteiger partial charge in [-0.15, -0.1) is 0 Å².